The fourth-order valence-electron chi connectivity index (χ4n) is 4.09. The van der Waals surface area contributed by atoms with E-state index in [9.17, 15) is 4.79 Å². The molecule has 0 saturated carbocycles. The number of carbonyl (C=O) groups is 1. The minimum atomic E-state index is -0.696. The minimum absolute atomic E-state index is 0.240. The van der Waals surface area contributed by atoms with Crippen LogP contribution in [0.15, 0.2) is 48.5 Å². The Morgan fingerprint density at radius 3 is 2.04 bits per heavy atom. The van der Waals surface area contributed by atoms with E-state index in [4.69, 9.17) is 5.73 Å². The number of primary amides is 1. The second kappa shape index (κ2) is 7.83. The van der Waals surface area contributed by atoms with E-state index >= 15 is 0 Å². The van der Waals surface area contributed by atoms with Gasteiger partial charge in [-0.1, -0.05) is 68.3 Å². The Balaban J connectivity index is 1.81. The average molecular weight is 336 g/mol. The predicted molar refractivity (Wildman–Crippen MR) is 103 cm³/mol. The molecule has 0 bridgehead atoms. The van der Waals surface area contributed by atoms with Gasteiger partial charge in [0.25, 0.3) is 0 Å². The predicted octanol–water partition coefficient (Wildman–Crippen LogP) is 4.00. The number of nitrogens with two attached hydrogens (primary N) is 1. The van der Waals surface area contributed by atoms with Crippen molar-refractivity contribution in [2.75, 3.05) is 13.1 Å². The Bertz CT molecular complexity index is 693. The van der Waals surface area contributed by atoms with Gasteiger partial charge in [0.15, 0.2) is 0 Å². The van der Waals surface area contributed by atoms with Gasteiger partial charge in [-0.25, -0.2) is 0 Å². The molecule has 0 saturated heterocycles. The van der Waals surface area contributed by atoms with Crippen LogP contribution >= 0.6 is 0 Å². The molecule has 3 heteroatoms. The van der Waals surface area contributed by atoms with Gasteiger partial charge in [0.05, 0.1) is 5.41 Å². The maximum absolute atomic E-state index is 12.7. The number of unbranched alkanes of at least 4 members (excludes halogenated alkanes) is 2. The fraction of sp³-hybridized carbons (Fsp3) is 0.409. The molecule has 0 spiro atoms. The Labute approximate surface area is 150 Å². The van der Waals surface area contributed by atoms with Crippen LogP contribution in [0.25, 0.3) is 11.1 Å². The van der Waals surface area contributed by atoms with Gasteiger partial charge >= 0.3 is 0 Å². The molecule has 132 valence electrons. The van der Waals surface area contributed by atoms with E-state index in [-0.39, 0.29) is 5.91 Å². The van der Waals surface area contributed by atoms with E-state index in [0.717, 1.165) is 48.2 Å². The lowest BCUT2D eigenvalue weighted by molar-refractivity contribution is -0.122. The third-order valence-electron chi connectivity index (χ3n) is 5.35. The molecule has 0 unspecified atom stereocenters. The maximum Gasteiger partial charge on any atom is 0.232 e. The van der Waals surface area contributed by atoms with Crippen molar-refractivity contribution in [3.63, 3.8) is 0 Å². The highest BCUT2D eigenvalue weighted by Crippen LogP contribution is 2.50. The Hall–Kier alpha value is -2.13. The molecule has 0 heterocycles. The quantitative estimate of drug-likeness (QED) is 0.680. The van der Waals surface area contributed by atoms with Crippen LogP contribution in [0.1, 0.15) is 50.2 Å². The fourth-order valence-corrected chi connectivity index (χ4v) is 4.09. The number of fused-ring (bicyclic) bond motifs is 3. The summed E-state index contributed by atoms with van der Waals surface area (Å²) in [6, 6.07) is 16.4. The normalized spacial score (nSPS) is 14.1. The highest BCUT2D eigenvalue weighted by atomic mass is 16.1. The zero-order valence-electron chi connectivity index (χ0n) is 15.1. The van der Waals surface area contributed by atoms with Crippen molar-refractivity contribution in [1.82, 2.24) is 5.32 Å². The number of carbonyl (C=O) groups excluding carboxylic acids is 1. The van der Waals surface area contributed by atoms with Crippen molar-refractivity contribution in [1.29, 1.82) is 0 Å². The van der Waals surface area contributed by atoms with Crippen LogP contribution in [0.2, 0.25) is 0 Å². The van der Waals surface area contributed by atoms with Crippen LogP contribution in [-0.2, 0) is 10.2 Å². The highest BCUT2D eigenvalue weighted by Gasteiger charge is 2.47. The van der Waals surface area contributed by atoms with Gasteiger partial charge in [0.1, 0.15) is 0 Å². The van der Waals surface area contributed by atoms with Crippen LogP contribution in [0.3, 0.4) is 0 Å². The molecule has 2 aromatic carbocycles. The first-order chi connectivity index (χ1) is 12.2. The second-order valence-electron chi connectivity index (χ2n) is 6.92. The SMILES string of the molecule is CCCCCNCCCC1(C(N)=O)c2ccccc2-c2ccccc21. The molecule has 0 aliphatic heterocycles. The maximum atomic E-state index is 12.7. The first kappa shape index (κ1) is 17.7. The first-order valence-electron chi connectivity index (χ1n) is 9.42. The third kappa shape index (κ3) is 3.21. The van der Waals surface area contributed by atoms with E-state index in [2.05, 4.69) is 36.5 Å². The van der Waals surface area contributed by atoms with Crippen LogP contribution in [0.4, 0.5) is 0 Å². The summed E-state index contributed by atoms with van der Waals surface area (Å²) in [5.41, 5.74) is 9.71. The molecular weight excluding hydrogens is 308 g/mol. The van der Waals surface area contributed by atoms with E-state index in [1.807, 2.05) is 24.3 Å². The summed E-state index contributed by atoms with van der Waals surface area (Å²) in [5, 5.41) is 3.50. The summed E-state index contributed by atoms with van der Waals surface area (Å²) in [6.45, 7) is 4.18. The zero-order valence-corrected chi connectivity index (χ0v) is 15.1. The topological polar surface area (TPSA) is 55.1 Å². The lowest BCUT2D eigenvalue weighted by Crippen LogP contribution is -2.41. The smallest absolute Gasteiger partial charge is 0.232 e. The number of nitrogens with one attached hydrogen (secondary N) is 1. The number of hydrogen-bond acceptors (Lipinski definition) is 2. The van der Waals surface area contributed by atoms with Gasteiger partial charge in [0, 0.05) is 0 Å². The minimum Gasteiger partial charge on any atom is -0.369 e. The lowest BCUT2D eigenvalue weighted by atomic mass is 9.74. The van der Waals surface area contributed by atoms with Gasteiger partial charge in [-0.3, -0.25) is 4.79 Å². The van der Waals surface area contributed by atoms with Gasteiger partial charge in [0.2, 0.25) is 5.91 Å². The van der Waals surface area contributed by atoms with E-state index in [1.165, 1.54) is 19.3 Å². The molecular formula is C22H28N2O. The van der Waals surface area contributed by atoms with Crippen molar-refractivity contribution in [2.45, 2.75) is 44.4 Å². The van der Waals surface area contributed by atoms with Crippen molar-refractivity contribution in [2.24, 2.45) is 5.73 Å². The molecule has 3 nitrogen and oxygen atoms in total. The molecule has 0 fully saturated rings. The summed E-state index contributed by atoms with van der Waals surface area (Å²) in [6.07, 6.45) is 5.39. The monoisotopic (exact) mass is 336 g/mol. The van der Waals surface area contributed by atoms with Crippen LogP contribution in [0, 0.1) is 0 Å². The molecule has 0 radical (unpaired) electrons. The van der Waals surface area contributed by atoms with E-state index in [1.54, 1.807) is 0 Å². The summed E-state index contributed by atoms with van der Waals surface area (Å²) < 4.78 is 0. The summed E-state index contributed by atoms with van der Waals surface area (Å²) in [7, 11) is 0. The highest BCUT2D eigenvalue weighted by molar-refractivity contribution is 5.99. The van der Waals surface area contributed by atoms with Crippen LogP contribution in [0.5, 0.6) is 0 Å². The molecule has 1 aliphatic carbocycles. The van der Waals surface area contributed by atoms with Crippen LogP contribution < -0.4 is 11.1 Å². The molecule has 3 rings (SSSR count). The Morgan fingerprint density at radius 2 is 1.48 bits per heavy atom. The average Bonchev–Trinajstić information content (AvgIpc) is 2.93. The summed E-state index contributed by atoms with van der Waals surface area (Å²) in [5.74, 6) is -0.240. The van der Waals surface area contributed by atoms with Crippen molar-refractivity contribution >= 4 is 5.91 Å². The number of benzene rings is 2. The molecule has 1 aliphatic rings. The zero-order chi connectivity index (χ0) is 17.7. The number of rotatable bonds is 9. The summed E-state index contributed by atoms with van der Waals surface area (Å²) >= 11 is 0. The Kier molecular flexibility index (Phi) is 5.54. The molecule has 0 atom stereocenters. The van der Waals surface area contributed by atoms with Crippen molar-refractivity contribution < 1.29 is 4.79 Å². The largest absolute Gasteiger partial charge is 0.369 e. The molecule has 2 aromatic rings. The summed E-state index contributed by atoms with van der Waals surface area (Å²) in [4.78, 5) is 12.7. The van der Waals surface area contributed by atoms with E-state index in [0.29, 0.717) is 0 Å². The molecule has 0 aromatic heterocycles. The van der Waals surface area contributed by atoms with Crippen LogP contribution in [-0.4, -0.2) is 19.0 Å². The second-order valence-corrected chi connectivity index (χ2v) is 6.92. The molecule has 25 heavy (non-hydrogen) atoms. The number of amides is 1. The van der Waals surface area contributed by atoms with Gasteiger partial charge in [-0.2, -0.15) is 0 Å². The van der Waals surface area contributed by atoms with Gasteiger partial charge < -0.3 is 11.1 Å². The molecule has 3 N–H and O–H groups in total. The van der Waals surface area contributed by atoms with Gasteiger partial charge in [-0.15, -0.1) is 0 Å². The van der Waals surface area contributed by atoms with Crippen molar-refractivity contribution in [3.05, 3.63) is 59.7 Å². The third-order valence-corrected chi connectivity index (χ3v) is 5.35. The van der Waals surface area contributed by atoms with E-state index < -0.39 is 5.41 Å². The first-order valence-corrected chi connectivity index (χ1v) is 9.42. The lowest BCUT2D eigenvalue weighted by Gasteiger charge is -2.28. The van der Waals surface area contributed by atoms with Crippen molar-refractivity contribution in [3.8, 4) is 11.1 Å². The number of hydrogen-bond donors (Lipinski definition) is 2. The van der Waals surface area contributed by atoms with Gasteiger partial charge in [-0.05, 0) is 54.6 Å². The molecule has 1 amide bonds. The standard InChI is InChI=1S/C22H28N2O/c1-2-3-8-15-24-16-9-14-22(21(23)25)19-12-6-4-10-17(19)18-11-5-7-13-20(18)22/h4-7,10-13,24H,2-3,8-9,14-16H2,1H3,(H2,23,25). The Morgan fingerprint density at radius 1 is 0.920 bits per heavy atom.